The molecule has 0 atom stereocenters. The SMILES string of the molecule is c1ccc(-c2cccc(N(c3ccc(C4(c5ccccc5)c5ccccc5-c5ccccc54)cc3)c3ccc4c(c3)C3(c5ccccc5Oc5ccccc53)c3ccccc3-4)c2)cc1. The second kappa shape index (κ2) is 14.2. The van der Waals surface area contributed by atoms with Gasteiger partial charge in [0.25, 0.3) is 0 Å². The molecule has 0 unspecified atom stereocenters. The molecule has 10 aromatic rings. The van der Waals surface area contributed by atoms with Gasteiger partial charge in [-0.2, -0.15) is 0 Å². The average Bonchev–Trinajstić information content (AvgIpc) is 3.83. The van der Waals surface area contributed by atoms with E-state index in [0.29, 0.717) is 0 Å². The van der Waals surface area contributed by atoms with Crippen molar-refractivity contribution in [2.45, 2.75) is 10.8 Å². The quantitative estimate of drug-likeness (QED) is 0.166. The van der Waals surface area contributed by atoms with Crippen LogP contribution in [0, 0.1) is 0 Å². The molecule has 2 nitrogen and oxygen atoms in total. The van der Waals surface area contributed by atoms with Crippen LogP contribution >= 0.6 is 0 Å². The highest BCUT2D eigenvalue weighted by Crippen LogP contribution is 2.63. The minimum atomic E-state index is -0.583. The summed E-state index contributed by atoms with van der Waals surface area (Å²) in [6, 6.07) is 91.2. The topological polar surface area (TPSA) is 12.5 Å². The second-order valence-electron chi connectivity index (χ2n) is 17.1. The first-order chi connectivity index (χ1) is 31.7. The lowest BCUT2D eigenvalue weighted by molar-refractivity contribution is 0.436. The van der Waals surface area contributed by atoms with E-state index in [0.717, 1.165) is 39.7 Å². The molecule has 0 saturated heterocycles. The normalized spacial score (nSPS) is 14.0. The standard InChI is InChI=1S/C62H41NO/c1-3-18-42(19-4-1)43-20-17-23-47(40-43)63(46-36-34-45(35-37-46)61(44-21-5-2-6-22-44)53-27-10-7-24-49(53)50-25-8-11-28-54(50)61)48-38-39-52-51-26-9-12-29-55(51)62(58(52)41-48)56-30-13-15-32-59(56)64-60-33-16-14-31-57(60)62/h1-41H. The number of para-hydroxylation sites is 2. The molecule has 1 spiro atoms. The number of hydrogen-bond acceptors (Lipinski definition) is 2. The molecule has 0 amide bonds. The van der Waals surface area contributed by atoms with Crippen LogP contribution in [0.3, 0.4) is 0 Å². The Hall–Kier alpha value is -8.20. The molecular formula is C62H41NO. The van der Waals surface area contributed by atoms with Gasteiger partial charge in [-0.05, 0) is 115 Å². The van der Waals surface area contributed by atoms with E-state index in [1.54, 1.807) is 0 Å². The molecule has 3 aliphatic rings. The van der Waals surface area contributed by atoms with Crippen molar-refractivity contribution >= 4 is 17.1 Å². The fourth-order valence-electron chi connectivity index (χ4n) is 11.5. The fourth-order valence-corrected chi connectivity index (χ4v) is 11.5. The lowest BCUT2D eigenvalue weighted by Crippen LogP contribution is -2.32. The predicted octanol–water partition coefficient (Wildman–Crippen LogP) is 15.7. The van der Waals surface area contributed by atoms with Crippen LogP contribution in [0.2, 0.25) is 0 Å². The van der Waals surface area contributed by atoms with Crippen molar-refractivity contribution in [3.8, 4) is 44.9 Å². The maximum atomic E-state index is 6.69. The van der Waals surface area contributed by atoms with E-state index < -0.39 is 10.8 Å². The molecular weight excluding hydrogens is 775 g/mol. The molecule has 2 heteroatoms. The number of nitrogens with zero attached hydrogens (tertiary/aromatic N) is 1. The number of benzene rings is 10. The lowest BCUT2D eigenvalue weighted by atomic mass is 9.66. The molecule has 64 heavy (non-hydrogen) atoms. The summed E-state index contributed by atoms with van der Waals surface area (Å²) in [5.41, 5.74) is 19.5. The Kier molecular flexibility index (Phi) is 8.07. The second-order valence-corrected chi connectivity index (χ2v) is 17.1. The molecule has 13 rings (SSSR count). The minimum absolute atomic E-state index is 0.486. The maximum absolute atomic E-state index is 6.69. The van der Waals surface area contributed by atoms with E-state index in [2.05, 4.69) is 254 Å². The highest BCUT2D eigenvalue weighted by molar-refractivity contribution is 5.92. The molecule has 10 aromatic carbocycles. The number of rotatable bonds is 6. The van der Waals surface area contributed by atoms with E-state index >= 15 is 0 Å². The third-order valence-corrected chi connectivity index (χ3v) is 14.0. The van der Waals surface area contributed by atoms with Gasteiger partial charge in [-0.3, -0.25) is 0 Å². The van der Waals surface area contributed by atoms with Crippen LogP contribution in [-0.2, 0) is 10.8 Å². The molecule has 1 aliphatic heterocycles. The van der Waals surface area contributed by atoms with Crippen molar-refractivity contribution in [1.29, 1.82) is 0 Å². The Balaban J connectivity index is 1.04. The van der Waals surface area contributed by atoms with Crippen LogP contribution in [0.5, 0.6) is 11.5 Å². The van der Waals surface area contributed by atoms with Gasteiger partial charge in [0, 0.05) is 28.2 Å². The van der Waals surface area contributed by atoms with Crippen LogP contribution in [0.25, 0.3) is 33.4 Å². The summed E-state index contributed by atoms with van der Waals surface area (Å²) in [7, 11) is 0. The Bertz CT molecular complexity index is 3330. The van der Waals surface area contributed by atoms with Gasteiger partial charge in [0.1, 0.15) is 11.5 Å². The first kappa shape index (κ1) is 36.5. The predicted molar refractivity (Wildman–Crippen MR) is 261 cm³/mol. The van der Waals surface area contributed by atoms with E-state index in [1.807, 2.05) is 0 Å². The molecule has 0 aromatic heterocycles. The molecule has 0 fully saturated rings. The van der Waals surface area contributed by atoms with Crippen LogP contribution in [0.1, 0.15) is 44.5 Å². The van der Waals surface area contributed by atoms with Gasteiger partial charge >= 0.3 is 0 Å². The highest BCUT2D eigenvalue weighted by Gasteiger charge is 2.51. The summed E-state index contributed by atoms with van der Waals surface area (Å²) >= 11 is 0. The van der Waals surface area contributed by atoms with E-state index in [-0.39, 0.29) is 0 Å². The fraction of sp³-hybridized carbons (Fsp3) is 0.0323. The number of ether oxygens (including phenoxy) is 1. The van der Waals surface area contributed by atoms with Gasteiger partial charge in [-0.15, -0.1) is 0 Å². The molecule has 0 bridgehead atoms. The Labute approximate surface area is 374 Å². The first-order valence-electron chi connectivity index (χ1n) is 22.2. The molecule has 0 saturated carbocycles. The smallest absolute Gasteiger partial charge is 0.132 e. The molecule has 300 valence electrons. The van der Waals surface area contributed by atoms with Gasteiger partial charge in [0.15, 0.2) is 0 Å². The van der Waals surface area contributed by atoms with Gasteiger partial charge in [-0.1, -0.05) is 200 Å². The lowest BCUT2D eigenvalue weighted by Gasteiger charge is -2.39. The number of fused-ring (bicyclic) bond motifs is 12. The van der Waals surface area contributed by atoms with Crippen LogP contribution in [0.15, 0.2) is 249 Å². The van der Waals surface area contributed by atoms with Gasteiger partial charge in [-0.25, -0.2) is 0 Å². The molecule has 2 aliphatic carbocycles. The molecule has 1 heterocycles. The van der Waals surface area contributed by atoms with Crippen LogP contribution < -0.4 is 9.64 Å². The first-order valence-corrected chi connectivity index (χ1v) is 22.2. The third-order valence-electron chi connectivity index (χ3n) is 14.0. The van der Waals surface area contributed by atoms with Crippen molar-refractivity contribution < 1.29 is 4.74 Å². The number of hydrogen-bond donors (Lipinski definition) is 0. The largest absolute Gasteiger partial charge is 0.457 e. The van der Waals surface area contributed by atoms with Crippen molar-refractivity contribution in [2.75, 3.05) is 4.90 Å². The van der Waals surface area contributed by atoms with Crippen molar-refractivity contribution in [3.05, 3.63) is 293 Å². The van der Waals surface area contributed by atoms with Gasteiger partial charge in [0.05, 0.1) is 10.8 Å². The Morgan fingerprint density at radius 3 is 1.31 bits per heavy atom. The number of anilines is 3. The summed E-state index contributed by atoms with van der Waals surface area (Å²) in [5.74, 6) is 1.78. The summed E-state index contributed by atoms with van der Waals surface area (Å²) in [5, 5.41) is 0. The van der Waals surface area contributed by atoms with E-state index in [9.17, 15) is 0 Å². The summed E-state index contributed by atoms with van der Waals surface area (Å²) in [4.78, 5) is 2.44. The maximum Gasteiger partial charge on any atom is 0.132 e. The van der Waals surface area contributed by atoms with Crippen molar-refractivity contribution in [1.82, 2.24) is 0 Å². The van der Waals surface area contributed by atoms with Gasteiger partial charge in [0.2, 0.25) is 0 Å². The summed E-state index contributed by atoms with van der Waals surface area (Å²) in [6.07, 6.45) is 0. The Morgan fingerprint density at radius 1 is 0.266 bits per heavy atom. The molecule has 0 radical (unpaired) electrons. The van der Waals surface area contributed by atoms with E-state index in [1.165, 1.54) is 66.8 Å². The minimum Gasteiger partial charge on any atom is -0.457 e. The van der Waals surface area contributed by atoms with Crippen molar-refractivity contribution in [3.63, 3.8) is 0 Å². The summed E-state index contributed by atoms with van der Waals surface area (Å²) in [6.45, 7) is 0. The van der Waals surface area contributed by atoms with Crippen LogP contribution in [0.4, 0.5) is 17.1 Å². The van der Waals surface area contributed by atoms with Gasteiger partial charge < -0.3 is 9.64 Å². The zero-order valence-electron chi connectivity index (χ0n) is 35.0. The summed E-state index contributed by atoms with van der Waals surface area (Å²) < 4.78 is 6.69. The zero-order valence-corrected chi connectivity index (χ0v) is 35.0. The molecule has 0 N–H and O–H groups in total. The zero-order chi connectivity index (χ0) is 42.2. The average molecular weight is 816 g/mol. The Morgan fingerprint density at radius 2 is 0.703 bits per heavy atom. The monoisotopic (exact) mass is 815 g/mol. The van der Waals surface area contributed by atoms with Crippen LogP contribution in [-0.4, -0.2) is 0 Å². The third kappa shape index (κ3) is 5.08. The van der Waals surface area contributed by atoms with E-state index in [4.69, 9.17) is 4.74 Å². The van der Waals surface area contributed by atoms with Crippen molar-refractivity contribution in [2.24, 2.45) is 0 Å². The highest BCUT2D eigenvalue weighted by atomic mass is 16.5.